The molecule has 0 spiro atoms. The Balaban J connectivity index is 3.28. The Labute approximate surface area is 124 Å². The van der Waals surface area contributed by atoms with Crippen LogP contribution in [0.2, 0.25) is 0 Å². The number of rotatable bonds is 4. The predicted octanol–water partition coefficient (Wildman–Crippen LogP) is 3.75. The third-order valence-corrected chi connectivity index (χ3v) is 3.44. The molecule has 0 aliphatic heterocycles. The van der Waals surface area contributed by atoms with Gasteiger partial charge in [0.05, 0.1) is 13.0 Å². The summed E-state index contributed by atoms with van der Waals surface area (Å²) in [6, 6.07) is 0.588. The van der Waals surface area contributed by atoms with Crippen LogP contribution in [0.1, 0.15) is 30.3 Å². The van der Waals surface area contributed by atoms with Crippen molar-refractivity contribution in [3.05, 3.63) is 26.6 Å². The van der Waals surface area contributed by atoms with Crippen molar-refractivity contribution in [2.45, 2.75) is 25.9 Å². The van der Waals surface area contributed by atoms with Crippen LogP contribution in [0, 0.1) is 3.57 Å². The van der Waals surface area contributed by atoms with Gasteiger partial charge in [-0.25, -0.2) is 13.8 Å². The second kappa shape index (κ2) is 6.64. The lowest BCUT2D eigenvalue weighted by molar-refractivity contribution is -0.143. The first-order chi connectivity index (χ1) is 9.16. The van der Waals surface area contributed by atoms with Crippen LogP contribution in [0.3, 0.4) is 0 Å². The van der Waals surface area contributed by atoms with Gasteiger partial charge in [-0.15, -0.1) is 0 Å². The number of carbonyl (C=O) groups is 1. The van der Waals surface area contributed by atoms with Crippen molar-refractivity contribution < 1.29 is 31.5 Å². The van der Waals surface area contributed by atoms with Crippen molar-refractivity contribution >= 4 is 28.6 Å². The number of alkyl halides is 5. The highest BCUT2D eigenvalue weighted by molar-refractivity contribution is 14.1. The first-order valence-electron chi connectivity index (χ1n) is 5.37. The highest BCUT2D eigenvalue weighted by atomic mass is 127. The number of carbonyl (C=O) groups excluding carboxylic acids is 1. The molecular weight excluding hydrogens is 400 g/mol. The smallest absolute Gasteiger partial charge is 0.433 e. The van der Waals surface area contributed by atoms with Crippen LogP contribution in [0.25, 0.3) is 0 Å². The maximum atomic E-state index is 12.7. The van der Waals surface area contributed by atoms with Gasteiger partial charge in [0.1, 0.15) is 11.4 Å². The minimum atomic E-state index is -4.86. The van der Waals surface area contributed by atoms with Crippen molar-refractivity contribution in [3.8, 4) is 0 Å². The Morgan fingerprint density at radius 3 is 2.50 bits per heavy atom. The predicted molar refractivity (Wildman–Crippen MR) is 67.3 cm³/mol. The largest absolute Gasteiger partial charge is 0.466 e. The number of halogens is 6. The van der Waals surface area contributed by atoms with E-state index in [2.05, 4.69) is 9.72 Å². The molecule has 3 nitrogen and oxygen atoms in total. The highest BCUT2D eigenvalue weighted by Gasteiger charge is 2.35. The van der Waals surface area contributed by atoms with Crippen molar-refractivity contribution in [1.29, 1.82) is 0 Å². The van der Waals surface area contributed by atoms with E-state index >= 15 is 0 Å². The zero-order chi connectivity index (χ0) is 15.5. The van der Waals surface area contributed by atoms with Crippen molar-refractivity contribution in [2.24, 2.45) is 0 Å². The highest BCUT2D eigenvalue weighted by Crippen LogP contribution is 2.33. The van der Waals surface area contributed by atoms with E-state index in [4.69, 9.17) is 0 Å². The summed E-state index contributed by atoms with van der Waals surface area (Å²) in [7, 11) is 0. The normalized spacial score (nSPS) is 11.8. The average Bonchev–Trinajstić information content (AvgIpc) is 2.30. The van der Waals surface area contributed by atoms with Gasteiger partial charge in [-0.1, -0.05) is 0 Å². The summed E-state index contributed by atoms with van der Waals surface area (Å²) >= 11 is 1.45. The molecule has 1 heterocycles. The minimum Gasteiger partial charge on any atom is -0.466 e. The summed E-state index contributed by atoms with van der Waals surface area (Å²) < 4.78 is 67.7. The first-order valence-corrected chi connectivity index (χ1v) is 6.45. The van der Waals surface area contributed by atoms with Crippen LogP contribution in [-0.4, -0.2) is 17.6 Å². The van der Waals surface area contributed by atoms with Crippen molar-refractivity contribution in [2.75, 3.05) is 6.61 Å². The summed E-state index contributed by atoms with van der Waals surface area (Å²) in [4.78, 5) is 14.2. The van der Waals surface area contributed by atoms with Gasteiger partial charge in [0.25, 0.3) is 6.43 Å². The number of esters is 1. The van der Waals surface area contributed by atoms with Gasteiger partial charge in [0.15, 0.2) is 0 Å². The fourth-order valence-corrected chi connectivity index (χ4v) is 2.09. The van der Waals surface area contributed by atoms with Crippen molar-refractivity contribution in [1.82, 2.24) is 4.98 Å². The van der Waals surface area contributed by atoms with Crippen LogP contribution >= 0.6 is 22.6 Å². The summed E-state index contributed by atoms with van der Waals surface area (Å²) in [5, 5.41) is 0. The third-order valence-electron chi connectivity index (χ3n) is 2.20. The Morgan fingerprint density at radius 2 is 2.05 bits per heavy atom. The molecule has 0 N–H and O–H groups in total. The number of aromatic nitrogens is 1. The molecule has 0 aliphatic rings. The number of ether oxygens (including phenoxy) is 1. The molecule has 9 heteroatoms. The topological polar surface area (TPSA) is 39.2 Å². The molecule has 1 aromatic rings. The summed E-state index contributed by atoms with van der Waals surface area (Å²) in [5.74, 6) is -0.787. The van der Waals surface area contributed by atoms with Crippen LogP contribution in [0.4, 0.5) is 22.0 Å². The fourth-order valence-electron chi connectivity index (χ4n) is 1.39. The van der Waals surface area contributed by atoms with Crippen molar-refractivity contribution in [3.63, 3.8) is 0 Å². The fraction of sp³-hybridized carbons (Fsp3) is 0.455. The molecular formula is C11H9F5INO2. The Hall–Kier alpha value is -1.00. The number of hydrogen-bond acceptors (Lipinski definition) is 3. The molecule has 0 saturated carbocycles. The second-order valence-electron chi connectivity index (χ2n) is 3.65. The minimum absolute atomic E-state index is 0.0499. The van der Waals surface area contributed by atoms with Gasteiger partial charge >= 0.3 is 12.1 Å². The molecule has 0 bridgehead atoms. The van der Waals surface area contributed by atoms with Gasteiger partial charge < -0.3 is 4.74 Å². The summed E-state index contributed by atoms with van der Waals surface area (Å²) in [5.41, 5.74) is -2.62. The molecule has 0 fully saturated rings. The zero-order valence-electron chi connectivity index (χ0n) is 10.1. The van der Waals surface area contributed by atoms with Gasteiger partial charge in [-0.3, -0.25) is 4.79 Å². The van der Waals surface area contributed by atoms with Gasteiger partial charge in [-0.2, -0.15) is 13.2 Å². The molecule has 20 heavy (non-hydrogen) atoms. The maximum absolute atomic E-state index is 12.7. The average molecular weight is 409 g/mol. The SMILES string of the molecule is CCOC(=O)Cc1cc(C(F)(F)F)nc(C(F)F)c1I. The molecule has 0 amide bonds. The van der Waals surface area contributed by atoms with Crippen LogP contribution in [-0.2, 0) is 22.1 Å². The lowest BCUT2D eigenvalue weighted by atomic mass is 10.1. The lowest BCUT2D eigenvalue weighted by Crippen LogP contribution is -2.15. The van der Waals surface area contributed by atoms with Gasteiger partial charge in [0, 0.05) is 3.57 Å². The lowest BCUT2D eigenvalue weighted by Gasteiger charge is -2.13. The number of pyridine rings is 1. The van der Waals surface area contributed by atoms with E-state index in [0.29, 0.717) is 6.07 Å². The maximum Gasteiger partial charge on any atom is 0.433 e. The van der Waals surface area contributed by atoms with Crippen LogP contribution in [0.15, 0.2) is 6.07 Å². The summed E-state index contributed by atoms with van der Waals surface area (Å²) in [6.45, 7) is 1.58. The third kappa shape index (κ3) is 4.25. The molecule has 0 radical (unpaired) electrons. The van der Waals surface area contributed by atoms with E-state index < -0.39 is 36.4 Å². The molecule has 1 aromatic heterocycles. The molecule has 0 saturated heterocycles. The quantitative estimate of drug-likeness (QED) is 0.432. The first kappa shape index (κ1) is 17.1. The zero-order valence-corrected chi connectivity index (χ0v) is 12.3. The van der Waals surface area contributed by atoms with Crippen LogP contribution < -0.4 is 0 Å². The van der Waals surface area contributed by atoms with E-state index in [1.165, 1.54) is 29.5 Å². The van der Waals surface area contributed by atoms with Gasteiger partial charge in [-0.05, 0) is 41.1 Å². The molecule has 0 atom stereocenters. The Kier molecular flexibility index (Phi) is 5.66. The second-order valence-corrected chi connectivity index (χ2v) is 4.72. The monoisotopic (exact) mass is 409 g/mol. The number of hydrogen-bond donors (Lipinski definition) is 0. The molecule has 1 rings (SSSR count). The number of nitrogens with zero attached hydrogens (tertiary/aromatic N) is 1. The Bertz CT molecular complexity index is 504. The standard InChI is InChI=1S/C11H9F5INO2/c1-2-20-7(19)4-5-3-6(11(14,15)16)18-9(8(5)17)10(12)13/h3,10H,2,4H2,1H3. The summed E-state index contributed by atoms with van der Waals surface area (Å²) in [6.07, 6.45) is -8.54. The molecule has 0 aromatic carbocycles. The Morgan fingerprint density at radius 1 is 1.45 bits per heavy atom. The molecule has 0 unspecified atom stereocenters. The van der Waals surface area contributed by atoms with E-state index in [0.717, 1.165) is 0 Å². The molecule has 112 valence electrons. The van der Waals surface area contributed by atoms with Gasteiger partial charge in [0.2, 0.25) is 0 Å². The van der Waals surface area contributed by atoms with E-state index in [1.807, 2.05) is 0 Å². The van der Waals surface area contributed by atoms with E-state index in [1.54, 1.807) is 0 Å². The van der Waals surface area contributed by atoms with Crippen LogP contribution in [0.5, 0.6) is 0 Å². The van der Waals surface area contributed by atoms with E-state index in [9.17, 15) is 26.7 Å². The molecule has 0 aliphatic carbocycles. The van der Waals surface area contributed by atoms with E-state index in [-0.39, 0.29) is 15.7 Å².